The molecule has 156 valence electrons. The van der Waals surface area contributed by atoms with Gasteiger partial charge in [0.15, 0.2) is 5.82 Å². The molecule has 0 unspecified atom stereocenters. The quantitative estimate of drug-likeness (QED) is 0.699. The second-order valence-electron chi connectivity index (χ2n) is 8.11. The molecular formula is C22H25N5O3. The summed E-state index contributed by atoms with van der Waals surface area (Å²) in [4.78, 5) is 24.1. The molecule has 0 radical (unpaired) electrons. The van der Waals surface area contributed by atoms with Crippen molar-refractivity contribution >= 4 is 11.7 Å². The van der Waals surface area contributed by atoms with E-state index in [4.69, 9.17) is 9.72 Å². The molecule has 8 nitrogen and oxygen atoms in total. The average molecular weight is 407 g/mol. The van der Waals surface area contributed by atoms with Crippen molar-refractivity contribution in [3.63, 3.8) is 0 Å². The lowest BCUT2D eigenvalue weighted by Crippen LogP contribution is -2.40. The fourth-order valence-corrected chi connectivity index (χ4v) is 3.91. The maximum Gasteiger partial charge on any atom is 0.262 e. The summed E-state index contributed by atoms with van der Waals surface area (Å²) in [6.45, 7) is 7.90. The average Bonchev–Trinajstić information content (AvgIpc) is 3.21. The molecule has 0 aliphatic carbocycles. The van der Waals surface area contributed by atoms with Crippen molar-refractivity contribution in [2.75, 3.05) is 12.0 Å². The molecule has 0 saturated carbocycles. The van der Waals surface area contributed by atoms with E-state index in [1.165, 1.54) is 0 Å². The zero-order valence-corrected chi connectivity index (χ0v) is 17.7. The van der Waals surface area contributed by atoms with Gasteiger partial charge in [-0.3, -0.25) is 19.4 Å². The molecule has 0 spiro atoms. The first kappa shape index (κ1) is 20.0. The van der Waals surface area contributed by atoms with Crippen molar-refractivity contribution in [1.82, 2.24) is 19.7 Å². The van der Waals surface area contributed by atoms with Crippen LogP contribution < -0.4 is 9.64 Å². The molecule has 1 aliphatic heterocycles. The molecule has 0 fully saturated rings. The zero-order valence-electron chi connectivity index (χ0n) is 17.7. The van der Waals surface area contributed by atoms with Crippen LogP contribution in [0, 0.1) is 6.92 Å². The zero-order chi connectivity index (χ0) is 21.6. The molecule has 0 aromatic carbocycles. The van der Waals surface area contributed by atoms with E-state index in [2.05, 4.69) is 10.1 Å². The standard InChI is InChI=1S/C22H25N5O3/c1-13-8-17(15-9-16(30-5)11-23-10-15)24-20-19(13)21(29)27(22(20,3)4)18-6-7-26(25-18)12-14(2)28/h6-11,14,28H,12H2,1-5H3/t14-/m0/s1. The van der Waals surface area contributed by atoms with Crippen molar-refractivity contribution in [2.45, 2.75) is 45.9 Å². The first-order valence-corrected chi connectivity index (χ1v) is 9.80. The third-order valence-electron chi connectivity index (χ3n) is 5.32. The smallest absolute Gasteiger partial charge is 0.262 e. The van der Waals surface area contributed by atoms with Crippen LogP contribution >= 0.6 is 0 Å². The third kappa shape index (κ3) is 3.23. The van der Waals surface area contributed by atoms with E-state index >= 15 is 0 Å². The Bertz CT molecular complexity index is 1120. The van der Waals surface area contributed by atoms with Gasteiger partial charge in [-0.05, 0) is 45.4 Å². The van der Waals surface area contributed by atoms with Gasteiger partial charge < -0.3 is 9.84 Å². The molecule has 1 amide bonds. The van der Waals surface area contributed by atoms with E-state index in [0.29, 0.717) is 29.4 Å². The lowest BCUT2D eigenvalue weighted by atomic mass is 9.96. The molecule has 0 saturated heterocycles. The molecule has 30 heavy (non-hydrogen) atoms. The van der Waals surface area contributed by atoms with Gasteiger partial charge in [-0.1, -0.05) is 0 Å². The molecular weight excluding hydrogens is 382 g/mol. The number of anilines is 1. The number of carbonyl (C=O) groups excluding carboxylic acids is 1. The van der Waals surface area contributed by atoms with Crippen LogP contribution in [0.25, 0.3) is 11.3 Å². The molecule has 4 rings (SSSR count). The summed E-state index contributed by atoms with van der Waals surface area (Å²) >= 11 is 0. The highest BCUT2D eigenvalue weighted by molar-refractivity contribution is 6.12. The maximum absolute atomic E-state index is 13.4. The van der Waals surface area contributed by atoms with Crippen LogP contribution in [0.3, 0.4) is 0 Å². The number of aromatic nitrogens is 4. The normalized spacial score (nSPS) is 15.9. The number of carbonyl (C=O) groups is 1. The summed E-state index contributed by atoms with van der Waals surface area (Å²) in [5.74, 6) is 1.05. The number of rotatable bonds is 5. The molecule has 3 aromatic heterocycles. The minimum atomic E-state index is -0.691. The number of aryl methyl sites for hydroxylation is 1. The Morgan fingerprint density at radius 2 is 2.03 bits per heavy atom. The summed E-state index contributed by atoms with van der Waals surface area (Å²) < 4.78 is 6.92. The van der Waals surface area contributed by atoms with E-state index in [-0.39, 0.29) is 5.91 Å². The van der Waals surface area contributed by atoms with Crippen LogP contribution in [-0.4, -0.2) is 44.0 Å². The Morgan fingerprint density at radius 3 is 2.73 bits per heavy atom. The first-order valence-electron chi connectivity index (χ1n) is 9.80. The molecule has 4 heterocycles. The van der Waals surface area contributed by atoms with E-state index in [1.807, 2.05) is 32.9 Å². The molecule has 3 aromatic rings. The van der Waals surface area contributed by atoms with Crippen molar-refractivity contribution < 1.29 is 14.6 Å². The van der Waals surface area contributed by atoms with Gasteiger partial charge >= 0.3 is 0 Å². The number of hydrogen-bond acceptors (Lipinski definition) is 6. The number of ether oxygens (including phenoxy) is 1. The van der Waals surface area contributed by atoms with E-state index < -0.39 is 11.6 Å². The Balaban J connectivity index is 1.78. The number of pyridine rings is 2. The van der Waals surface area contributed by atoms with Gasteiger partial charge in [0.25, 0.3) is 5.91 Å². The molecule has 1 aliphatic rings. The number of aliphatic hydroxyl groups excluding tert-OH is 1. The van der Waals surface area contributed by atoms with Crippen LogP contribution in [0.4, 0.5) is 5.82 Å². The summed E-state index contributed by atoms with van der Waals surface area (Å²) in [7, 11) is 1.60. The van der Waals surface area contributed by atoms with Gasteiger partial charge in [0.2, 0.25) is 0 Å². The summed E-state index contributed by atoms with van der Waals surface area (Å²) in [6.07, 6.45) is 4.61. The molecule has 0 bridgehead atoms. The monoisotopic (exact) mass is 407 g/mol. The van der Waals surface area contributed by atoms with Gasteiger partial charge in [-0.15, -0.1) is 0 Å². The number of hydrogen-bond donors (Lipinski definition) is 1. The number of nitrogens with zero attached hydrogens (tertiary/aromatic N) is 5. The Labute approximate surface area is 175 Å². The highest BCUT2D eigenvalue weighted by Gasteiger charge is 2.47. The summed E-state index contributed by atoms with van der Waals surface area (Å²) in [6, 6.07) is 5.56. The van der Waals surface area contributed by atoms with Gasteiger partial charge in [0.05, 0.1) is 48.4 Å². The van der Waals surface area contributed by atoms with E-state index in [0.717, 1.165) is 16.8 Å². The van der Waals surface area contributed by atoms with E-state index in [9.17, 15) is 9.90 Å². The van der Waals surface area contributed by atoms with Gasteiger partial charge in [-0.2, -0.15) is 5.10 Å². The van der Waals surface area contributed by atoms with Crippen molar-refractivity contribution in [1.29, 1.82) is 0 Å². The van der Waals surface area contributed by atoms with Crippen molar-refractivity contribution in [3.05, 3.63) is 53.6 Å². The first-order chi connectivity index (χ1) is 14.2. The fourth-order valence-electron chi connectivity index (χ4n) is 3.91. The Hall–Kier alpha value is -3.26. The van der Waals surface area contributed by atoms with Crippen molar-refractivity contribution in [2.24, 2.45) is 0 Å². The lowest BCUT2D eigenvalue weighted by molar-refractivity contribution is 0.0980. The Morgan fingerprint density at radius 1 is 1.27 bits per heavy atom. The van der Waals surface area contributed by atoms with Crippen LogP contribution in [0.1, 0.15) is 42.4 Å². The molecule has 1 N–H and O–H groups in total. The van der Waals surface area contributed by atoms with Gasteiger partial charge in [0, 0.05) is 24.0 Å². The minimum Gasteiger partial charge on any atom is -0.495 e. The summed E-state index contributed by atoms with van der Waals surface area (Å²) in [5, 5.41) is 14.1. The van der Waals surface area contributed by atoms with Crippen LogP contribution in [0.2, 0.25) is 0 Å². The second kappa shape index (κ2) is 7.21. The highest BCUT2D eigenvalue weighted by atomic mass is 16.5. The topological polar surface area (TPSA) is 93.4 Å². The van der Waals surface area contributed by atoms with Crippen LogP contribution in [0.5, 0.6) is 5.75 Å². The van der Waals surface area contributed by atoms with Gasteiger partial charge in [-0.25, -0.2) is 4.98 Å². The van der Waals surface area contributed by atoms with Crippen LogP contribution in [0.15, 0.2) is 36.8 Å². The van der Waals surface area contributed by atoms with Crippen molar-refractivity contribution in [3.8, 4) is 17.0 Å². The fraction of sp³-hybridized carbons (Fsp3) is 0.364. The number of methoxy groups -OCH3 is 1. The van der Waals surface area contributed by atoms with Gasteiger partial charge in [0.1, 0.15) is 5.75 Å². The molecule has 1 atom stereocenters. The number of aliphatic hydroxyl groups is 1. The predicted molar refractivity (Wildman–Crippen MR) is 113 cm³/mol. The number of amides is 1. The van der Waals surface area contributed by atoms with E-state index in [1.54, 1.807) is 48.3 Å². The SMILES string of the molecule is COc1cncc(-c2cc(C)c3c(n2)C(C)(C)N(c2ccn(C[C@H](C)O)n2)C3=O)c1. The van der Waals surface area contributed by atoms with Crippen LogP contribution in [-0.2, 0) is 12.1 Å². The lowest BCUT2D eigenvalue weighted by Gasteiger charge is -2.29. The Kier molecular flexibility index (Phi) is 4.82. The minimum absolute atomic E-state index is 0.127. The number of fused-ring (bicyclic) bond motifs is 1. The largest absolute Gasteiger partial charge is 0.495 e. The highest BCUT2D eigenvalue weighted by Crippen LogP contribution is 2.42. The summed E-state index contributed by atoms with van der Waals surface area (Å²) in [5.41, 5.74) is 3.02. The third-order valence-corrected chi connectivity index (χ3v) is 5.32. The second-order valence-corrected chi connectivity index (χ2v) is 8.11. The molecule has 8 heteroatoms. The maximum atomic E-state index is 13.4. The predicted octanol–water partition coefficient (Wildman–Crippen LogP) is 2.93.